The van der Waals surface area contributed by atoms with Gasteiger partial charge in [0.05, 0.1) is 13.2 Å². The number of rotatable bonds is 9. The minimum Gasteiger partial charge on any atom is -0.492 e. The van der Waals surface area contributed by atoms with Crippen molar-refractivity contribution in [3.63, 3.8) is 0 Å². The topological polar surface area (TPSA) is 61.4 Å². The maximum Gasteiger partial charge on any atom is 0.191 e. The Labute approximate surface area is 198 Å². The smallest absolute Gasteiger partial charge is 0.191 e. The Kier molecular flexibility index (Phi) is 11.8. The number of nitrogens with zero attached hydrogens (tertiary/aromatic N) is 3. The van der Waals surface area contributed by atoms with Crippen LogP contribution >= 0.6 is 24.0 Å². The van der Waals surface area contributed by atoms with Gasteiger partial charge in [0.15, 0.2) is 5.96 Å². The summed E-state index contributed by atoms with van der Waals surface area (Å²) in [7, 11) is 1.83. The van der Waals surface area contributed by atoms with Crippen LogP contribution in [0, 0.1) is 0 Å². The Bertz CT molecular complexity index is 640. The summed E-state index contributed by atoms with van der Waals surface area (Å²) in [6.45, 7) is 11.5. The van der Waals surface area contributed by atoms with E-state index in [0.717, 1.165) is 64.2 Å². The van der Waals surface area contributed by atoms with Gasteiger partial charge < -0.3 is 20.1 Å². The van der Waals surface area contributed by atoms with Gasteiger partial charge in [-0.2, -0.15) is 0 Å². The van der Waals surface area contributed by atoms with Gasteiger partial charge in [0.2, 0.25) is 0 Å². The Morgan fingerprint density at radius 2 is 2.07 bits per heavy atom. The molecule has 2 fully saturated rings. The number of halogens is 1. The summed E-state index contributed by atoms with van der Waals surface area (Å²) in [5.41, 5.74) is 1.19. The van der Waals surface area contributed by atoms with Gasteiger partial charge in [-0.1, -0.05) is 19.1 Å². The number of hydrogen-bond acceptors (Lipinski definition) is 5. The highest BCUT2D eigenvalue weighted by atomic mass is 127. The van der Waals surface area contributed by atoms with E-state index < -0.39 is 0 Å². The zero-order valence-electron chi connectivity index (χ0n) is 18.4. The van der Waals surface area contributed by atoms with Gasteiger partial charge >= 0.3 is 0 Å². The van der Waals surface area contributed by atoms with Crippen molar-refractivity contribution in [3.05, 3.63) is 29.8 Å². The average molecular weight is 531 g/mol. The summed E-state index contributed by atoms with van der Waals surface area (Å²) in [5, 5.41) is 6.90. The van der Waals surface area contributed by atoms with Gasteiger partial charge in [-0.15, -0.1) is 24.0 Å². The number of likely N-dealkylation sites (N-methyl/N-ethyl adjacent to an activating group) is 1. The first-order chi connectivity index (χ1) is 14.3. The van der Waals surface area contributed by atoms with Crippen LogP contribution < -0.4 is 15.4 Å². The SMILES string of the molecule is CCN1CCCC1CNC(=NC)NCc1cccc(OCCN2CCOCC2)c1.I. The van der Waals surface area contributed by atoms with E-state index in [9.17, 15) is 0 Å². The molecule has 0 aromatic heterocycles. The molecule has 1 unspecified atom stereocenters. The zero-order chi connectivity index (χ0) is 20.3. The van der Waals surface area contributed by atoms with E-state index in [0.29, 0.717) is 12.6 Å². The molecule has 2 saturated heterocycles. The molecule has 0 aliphatic carbocycles. The fourth-order valence-electron chi connectivity index (χ4n) is 4.03. The molecule has 30 heavy (non-hydrogen) atoms. The fourth-order valence-corrected chi connectivity index (χ4v) is 4.03. The van der Waals surface area contributed by atoms with Crippen molar-refractivity contribution < 1.29 is 9.47 Å². The predicted molar refractivity (Wildman–Crippen MR) is 133 cm³/mol. The maximum atomic E-state index is 5.96. The van der Waals surface area contributed by atoms with E-state index in [4.69, 9.17) is 9.47 Å². The van der Waals surface area contributed by atoms with Gasteiger partial charge in [-0.05, 0) is 43.6 Å². The van der Waals surface area contributed by atoms with Crippen LogP contribution in [0.5, 0.6) is 5.75 Å². The Morgan fingerprint density at radius 1 is 1.23 bits per heavy atom. The number of ether oxygens (including phenoxy) is 2. The largest absolute Gasteiger partial charge is 0.492 e. The first-order valence-corrected chi connectivity index (χ1v) is 11.0. The van der Waals surface area contributed by atoms with E-state index in [2.05, 4.69) is 50.5 Å². The monoisotopic (exact) mass is 531 g/mol. The molecule has 3 rings (SSSR count). The molecule has 2 aliphatic rings. The van der Waals surface area contributed by atoms with Gasteiger partial charge in [-0.3, -0.25) is 14.8 Å². The van der Waals surface area contributed by atoms with E-state index in [1.54, 1.807) is 0 Å². The van der Waals surface area contributed by atoms with Gasteiger partial charge in [0, 0.05) is 45.8 Å². The molecule has 2 N–H and O–H groups in total. The van der Waals surface area contributed by atoms with Crippen LogP contribution in [0.3, 0.4) is 0 Å². The lowest BCUT2D eigenvalue weighted by molar-refractivity contribution is 0.0322. The normalized spacial score (nSPS) is 20.6. The molecule has 8 heteroatoms. The number of guanidine groups is 1. The van der Waals surface area contributed by atoms with E-state index in [1.807, 2.05) is 13.1 Å². The minimum absolute atomic E-state index is 0. The molecule has 1 aromatic rings. The Morgan fingerprint density at radius 3 is 2.83 bits per heavy atom. The molecule has 0 amide bonds. The predicted octanol–water partition coefficient (Wildman–Crippen LogP) is 2.16. The van der Waals surface area contributed by atoms with Crippen LogP contribution in [0.2, 0.25) is 0 Å². The number of benzene rings is 1. The summed E-state index contributed by atoms with van der Waals surface area (Å²) >= 11 is 0. The fraction of sp³-hybridized carbons (Fsp3) is 0.682. The number of likely N-dealkylation sites (tertiary alicyclic amines) is 1. The molecule has 0 saturated carbocycles. The molecule has 2 aliphatic heterocycles. The summed E-state index contributed by atoms with van der Waals surface area (Å²) in [5.74, 6) is 1.77. The van der Waals surface area contributed by atoms with Crippen molar-refractivity contribution >= 4 is 29.9 Å². The molecule has 0 spiro atoms. The third kappa shape index (κ3) is 8.20. The van der Waals surface area contributed by atoms with Crippen LogP contribution in [0.25, 0.3) is 0 Å². The standard InChI is InChI=1S/C22H37N5O2.HI/c1-3-27-9-5-7-20(27)18-25-22(23-2)24-17-19-6-4-8-21(16-19)29-15-12-26-10-13-28-14-11-26;/h4,6,8,16,20H,3,5,7,9-15,17-18H2,1-2H3,(H2,23,24,25);1H. The first-order valence-electron chi connectivity index (χ1n) is 11.0. The summed E-state index contributed by atoms with van der Waals surface area (Å²) < 4.78 is 11.3. The lowest BCUT2D eigenvalue weighted by Gasteiger charge is -2.26. The highest BCUT2D eigenvalue weighted by Gasteiger charge is 2.22. The number of aliphatic imine (C=N–C) groups is 1. The quantitative estimate of drug-likeness (QED) is 0.290. The van der Waals surface area contributed by atoms with Gasteiger partial charge in [-0.25, -0.2) is 0 Å². The van der Waals surface area contributed by atoms with Crippen LogP contribution in [-0.2, 0) is 11.3 Å². The molecule has 1 aromatic carbocycles. The molecule has 2 heterocycles. The highest BCUT2D eigenvalue weighted by molar-refractivity contribution is 14.0. The summed E-state index contributed by atoms with van der Waals surface area (Å²) in [4.78, 5) is 9.29. The van der Waals surface area contributed by atoms with E-state index >= 15 is 0 Å². The van der Waals surface area contributed by atoms with Crippen molar-refractivity contribution in [2.24, 2.45) is 4.99 Å². The van der Waals surface area contributed by atoms with E-state index in [1.165, 1.54) is 24.9 Å². The van der Waals surface area contributed by atoms with Gasteiger partial charge in [0.1, 0.15) is 12.4 Å². The van der Waals surface area contributed by atoms with Crippen molar-refractivity contribution in [1.29, 1.82) is 0 Å². The highest BCUT2D eigenvalue weighted by Crippen LogP contribution is 2.16. The first kappa shape index (κ1) is 25.2. The van der Waals surface area contributed by atoms with Crippen molar-refractivity contribution in [2.45, 2.75) is 32.4 Å². The van der Waals surface area contributed by atoms with E-state index in [-0.39, 0.29) is 24.0 Å². The second kappa shape index (κ2) is 14.1. The zero-order valence-corrected chi connectivity index (χ0v) is 20.8. The number of morpholine rings is 1. The second-order valence-corrected chi connectivity index (χ2v) is 7.68. The van der Waals surface area contributed by atoms with Crippen LogP contribution in [0.1, 0.15) is 25.3 Å². The van der Waals surface area contributed by atoms with Crippen molar-refractivity contribution in [1.82, 2.24) is 20.4 Å². The maximum absolute atomic E-state index is 5.96. The molecule has 0 radical (unpaired) electrons. The number of nitrogens with one attached hydrogen (secondary N) is 2. The lowest BCUT2D eigenvalue weighted by atomic mass is 10.2. The summed E-state index contributed by atoms with van der Waals surface area (Å²) in [6.07, 6.45) is 2.56. The van der Waals surface area contributed by atoms with Gasteiger partial charge in [0.25, 0.3) is 0 Å². The molecular formula is C22H38IN5O2. The molecule has 7 nitrogen and oxygen atoms in total. The third-order valence-electron chi connectivity index (χ3n) is 5.77. The number of hydrogen-bond donors (Lipinski definition) is 2. The summed E-state index contributed by atoms with van der Waals surface area (Å²) in [6, 6.07) is 8.91. The minimum atomic E-state index is 0. The van der Waals surface area contributed by atoms with Crippen LogP contribution in [-0.4, -0.2) is 87.9 Å². The lowest BCUT2D eigenvalue weighted by Crippen LogP contribution is -2.44. The molecule has 170 valence electrons. The molecular weight excluding hydrogens is 493 g/mol. The Hall–Kier alpha value is -1.10. The molecule has 1 atom stereocenters. The third-order valence-corrected chi connectivity index (χ3v) is 5.77. The molecule has 0 bridgehead atoms. The van der Waals surface area contributed by atoms with Crippen molar-refractivity contribution in [3.8, 4) is 5.75 Å². The van der Waals surface area contributed by atoms with Crippen molar-refractivity contribution in [2.75, 3.05) is 66.1 Å². The Balaban J connectivity index is 0.00000320. The average Bonchev–Trinajstić information content (AvgIpc) is 3.22. The van der Waals surface area contributed by atoms with Crippen LogP contribution in [0.15, 0.2) is 29.3 Å². The van der Waals surface area contributed by atoms with Crippen LogP contribution in [0.4, 0.5) is 0 Å². The second-order valence-electron chi connectivity index (χ2n) is 7.68.